The second-order valence-electron chi connectivity index (χ2n) is 8.10. The number of hydrogen-bond donors (Lipinski definition) is 1. The number of nitrogens with one attached hydrogen (secondary N) is 1. The van der Waals surface area contributed by atoms with Gasteiger partial charge >= 0.3 is 6.18 Å². The molecule has 0 radical (unpaired) electrons. The van der Waals surface area contributed by atoms with Gasteiger partial charge in [-0.1, -0.05) is 6.07 Å². The van der Waals surface area contributed by atoms with Crippen molar-refractivity contribution in [3.63, 3.8) is 0 Å². The van der Waals surface area contributed by atoms with Gasteiger partial charge in [-0.3, -0.25) is 4.79 Å². The molecule has 1 aromatic carbocycles. The minimum absolute atomic E-state index is 0.0239. The van der Waals surface area contributed by atoms with Crippen LogP contribution in [0.5, 0.6) is 0 Å². The number of nitrogens with zero attached hydrogens (tertiary/aromatic N) is 8. The molecule has 0 bridgehead atoms. The highest BCUT2D eigenvalue weighted by molar-refractivity contribution is 6.05. The van der Waals surface area contributed by atoms with Crippen molar-refractivity contribution in [2.24, 2.45) is 0 Å². The van der Waals surface area contributed by atoms with E-state index in [2.05, 4.69) is 25.6 Å². The van der Waals surface area contributed by atoms with Gasteiger partial charge in [-0.15, -0.1) is 4.80 Å². The largest absolute Gasteiger partial charge is 0.434 e. The van der Waals surface area contributed by atoms with E-state index in [0.717, 1.165) is 39.9 Å². The van der Waals surface area contributed by atoms with Crippen LogP contribution >= 0.6 is 0 Å². The molecule has 1 amide bonds. The number of amides is 1. The van der Waals surface area contributed by atoms with Gasteiger partial charge in [0.1, 0.15) is 11.6 Å². The van der Waals surface area contributed by atoms with Crippen LogP contribution in [0.2, 0.25) is 0 Å². The zero-order chi connectivity index (χ0) is 25.4. The molecular formula is C23H18F3N9O. The van der Waals surface area contributed by atoms with Gasteiger partial charge in [0.25, 0.3) is 5.91 Å². The maximum Gasteiger partial charge on any atom is 0.434 e. The van der Waals surface area contributed by atoms with E-state index in [1.807, 2.05) is 24.1 Å². The molecule has 36 heavy (non-hydrogen) atoms. The number of rotatable bonds is 4. The minimum Gasteiger partial charge on any atom is -0.374 e. The highest BCUT2D eigenvalue weighted by Crippen LogP contribution is 2.37. The van der Waals surface area contributed by atoms with Crippen LogP contribution < -0.4 is 10.2 Å². The second kappa shape index (κ2) is 8.81. The van der Waals surface area contributed by atoms with Crippen molar-refractivity contribution in [1.82, 2.24) is 29.8 Å². The molecule has 4 aromatic rings. The lowest BCUT2D eigenvalue weighted by Crippen LogP contribution is -2.26. The van der Waals surface area contributed by atoms with Gasteiger partial charge in [0.05, 0.1) is 41.7 Å². The van der Waals surface area contributed by atoms with E-state index in [-0.39, 0.29) is 22.8 Å². The summed E-state index contributed by atoms with van der Waals surface area (Å²) in [6.45, 7) is 0.795. The van der Waals surface area contributed by atoms with Gasteiger partial charge in [0, 0.05) is 24.8 Å². The third kappa shape index (κ3) is 4.02. The molecule has 0 spiro atoms. The SMILES string of the molecule is CN1CCCc2c1cccc2-n1ncc(C(=O)Nc2cnc(-n3nccn3)c(C#N)c2)c1C(F)(F)F. The lowest BCUT2D eigenvalue weighted by Gasteiger charge is -2.29. The van der Waals surface area contributed by atoms with Gasteiger partial charge in [-0.05, 0) is 31.0 Å². The van der Waals surface area contributed by atoms with Crippen molar-refractivity contribution in [1.29, 1.82) is 5.26 Å². The molecule has 0 saturated heterocycles. The number of halogens is 3. The number of anilines is 2. The van der Waals surface area contributed by atoms with Crippen molar-refractivity contribution < 1.29 is 18.0 Å². The van der Waals surface area contributed by atoms with E-state index in [0.29, 0.717) is 6.42 Å². The van der Waals surface area contributed by atoms with Gasteiger partial charge in [0.2, 0.25) is 0 Å². The number of carbonyl (C=O) groups excluding carboxylic acids is 1. The lowest BCUT2D eigenvalue weighted by atomic mass is 10.00. The molecule has 4 heterocycles. The third-order valence-corrected chi connectivity index (χ3v) is 5.82. The summed E-state index contributed by atoms with van der Waals surface area (Å²) in [4.78, 5) is 20.1. The highest BCUT2D eigenvalue weighted by atomic mass is 19.4. The first-order chi connectivity index (χ1) is 17.3. The first-order valence-electron chi connectivity index (χ1n) is 10.8. The summed E-state index contributed by atoms with van der Waals surface area (Å²) in [5.41, 5.74) is 0.0542. The Bertz CT molecular complexity index is 1490. The van der Waals surface area contributed by atoms with E-state index in [1.54, 1.807) is 12.1 Å². The highest BCUT2D eigenvalue weighted by Gasteiger charge is 2.41. The molecule has 10 nitrogen and oxygen atoms in total. The van der Waals surface area contributed by atoms with Gasteiger partial charge < -0.3 is 10.2 Å². The molecular weight excluding hydrogens is 475 g/mol. The summed E-state index contributed by atoms with van der Waals surface area (Å²) in [6, 6.07) is 8.28. The van der Waals surface area contributed by atoms with Gasteiger partial charge in [0.15, 0.2) is 11.5 Å². The number of aromatic nitrogens is 6. The smallest absolute Gasteiger partial charge is 0.374 e. The maximum atomic E-state index is 14.2. The summed E-state index contributed by atoms with van der Waals surface area (Å²) in [5.74, 6) is -0.922. The molecule has 0 aliphatic carbocycles. The molecule has 0 saturated carbocycles. The van der Waals surface area contributed by atoms with Gasteiger partial charge in [-0.2, -0.15) is 33.7 Å². The van der Waals surface area contributed by atoms with E-state index in [4.69, 9.17) is 0 Å². The predicted molar refractivity (Wildman–Crippen MR) is 122 cm³/mol. The molecule has 0 fully saturated rings. The predicted octanol–water partition coefficient (Wildman–Crippen LogP) is 3.37. The number of fused-ring (bicyclic) bond motifs is 1. The van der Waals surface area contributed by atoms with Crippen LogP contribution in [0.4, 0.5) is 24.5 Å². The van der Waals surface area contributed by atoms with E-state index >= 15 is 0 Å². The van der Waals surface area contributed by atoms with Crippen LogP contribution in [0, 0.1) is 11.3 Å². The number of benzene rings is 1. The number of hydrogen-bond acceptors (Lipinski definition) is 7. The molecule has 1 aliphatic heterocycles. The topological polar surface area (TPSA) is 118 Å². The molecule has 0 unspecified atom stereocenters. The second-order valence-corrected chi connectivity index (χ2v) is 8.10. The van der Waals surface area contributed by atoms with Crippen LogP contribution in [0.15, 0.2) is 49.1 Å². The first-order valence-corrected chi connectivity index (χ1v) is 10.8. The van der Waals surface area contributed by atoms with Crippen LogP contribution in [-0.2, 0) is 12.6 Å². The first kappa shape index (κ1) is 23.0. The van der Waals surface area contributed by atoms with Crippen molar-refractivity contribution in [3.05, 3.63) is 71.4 Å². The molecule has 5 rings (SSSR count). The Morgan fingerprint density at radius 2 is 1.89 bits per heavy atom. The summed E-state index contributed by atoms with van der Waals surface area (Å²) in [7, 11) is 1.88. The average molecular weight is 493 g/mol. The Balaban J connectivity index is 1.52. The Labute approximate surface area is 202 Å². The van der Waals surface area contributed by atoms with Crippen LogP contribution in [0.3, 0.4) is 0 Å². The Morgan fingerprint density at radius 3 is 2.61 bits per heavy atom. The van der Waals surface area contributed by atoms with Crippen molar-refractivity contribution in [2.45, 2.75) is 19.0 Å². The monoisotopic (exact) mass is 493 g/mol. The molecule has 1 N–H and O–H groups in total. The Hall–Kier alpha value is -4.73. The number of nitriles is 1. The quantitative estimate of drug-likeness (QED) is 0.463. The molecule has 182 valence electrons. The molecule has 0 atom stereocenters. The number of pyridine rings is 1. The van der Waals surface area contributed by atoms with E-state index in [9.17, 15) is 23.2 Å². The fourth-order valence-corrected chi connectivity index (χ4v) is 4.25. The van der Waals surface area contributed by atoms with Crippen molar-refractivity contribution in [2.75, 3.05) is 23.8 Å². The lowest BCUT2D eigenvalue weighted by molar-refractivity contribution is -0.143. The number of carbonyl (C=O) groups is 1. The fraction of sp³-hybridized carbons (Fsp3) is 0.217. The average Bonchev–Trinajstić information content (AvgIpc) is 3.54. The van der Waals surface area contributed by atoms with Crippen LogP contribution in [0.1, 0.15) is 33.6 Å². The summed E-state index contributed by atoms with van der Waals surface area (Å²) in [5, 5.41) is 23.6. The summed E-state index contributed by atoms with van der Waals surface area (Å²) in [6.07, 6.45) is 1.41. The van der Waals surface area contributed by atoms with E-state index in [1.165, 1.54) is 24.7 Å². The Kier molecular flexibility index (Phi) is 5.63. The standard InChI is InChI=1S/C23H18F3N9O/c1-33-9-3-4-16-18(33)5-2-6-19(16)34-20(23(24,25)26)17(13-31-34)22(36)32-15-10-14(11-27)21(28-12-15)35-29-7-8-30-35/h2,5-8,10,12-13H,3-4,9H2,1H3,(H,32,36). The molecule has 1 aliphatic rings. The number of alkyl halides is 3. The maximum absolute atomic E-state index is 14.2. The van der Waals surface area contributed by atoms with E-state index < -0.39 is 23.3 Å². The Morgan fingerprint density at radius 1 is 1.14 bits per heavy atom. The zero-order valence-corrected chi connectivity index (χ0v) is 18.9. The van der Waals surface area contributed by atoms with Crippen LogP contribution in [-0.4, -0.2) is 49.3 Å². The van der Waals surface area contributed by atoms with Crippen molar-refractivity contribution in [3.8, 4) is 17.6 Å². The fourth-order valence-electron chi connectivity index (χ4n) is 4.25. The zero-order valence-electron chi connectivity index (χ0n) is 18.9. The molecule has 3 aromatic heterocycles. The normalized spacial score (nSPS) is 13.2. The van der Waals surface area contributed by atoms with Gasteiger partial charge in [-0.25, -0.2) is 9.67 Å². The third-order valence-electron chi connectivity index (χ3n) is 5.82. The molecule has 13 heteroatoms. The summed E-state index contributed by atoms with van der Waals surface area (Å²) < 4.78 is 43.5. The summed E-state index contributed by atoms with van der Waals surface area (Å²) >= 11 is 0. The van der Waals surface area contributed by atoms with Crippen LogP contribution in [0.25, 0.3) is 11.5 Å². The van der Waals surface area contributed by atoms with Crippen molar-refractivity contribution >= 4 is 17.3 Å². The minimum atomic E-state index is -4.86.